The Hall–Kier alpha value is -1.45. The van der Waals surface area contributed by atoms with Crippen LogP contribution in [0.5, 0.6) is 0 Å². The van der Waals surface area contributed by atoms with E-state index < -0.39 is 0 Å². The van der Waals surface area contributed by atoms with Gasteiger partial charge in [0, 0.05) is 31.5 Å². The van der Waals surface area contributed by atoms with Crippen molar-refractivity contribution < 1.29 is 14.4 Å². The van der Waals surface area contributed by atoms with E-state index >= 15 is 0 Å². The molecule has 0 atom stereocenters. The molecule has 0 aromatic carbocycles. The number of nitrogens with zero attached hydrogens (tertiary/aromatic N) is 1. The highest BCUT2D eigenvalue weighted by Crippen LogP contribution is 2.04. The van der Waals surface area contributed by atoms with E-state index in [0.29, 0.717) is 6.42 Å². The van der Waals surface area contributed by atoms with Crippen molar-refractivity contribution in [2.24, 2.45) is 0 Å². The molecule has 14 heavy (non-hydrogen) atoms. The molecule has 4 nitrogen and oxygen atoms in total. The summed E-state index contributed by atoms with van der Waals surface area (Å²) in [6, 6.07) is 0. The van der Waals surface area contributed by atoms with Gasteiger partial charge in [-0.15, -0.1) is 0 Å². The first-order chi connectivity index (χ1) is 6.15. The van der Waals surface area contributed by atoms with Crippen molar-refractivity contribution in [2.75, 3.05) is 6.54 Å². The predicted molar refractivity (Wildman–Crippen MR) is 52.5 cm³/mol. The Labute approximate surface area is 83.6 Å². The number of imide groups is 1. The fourth-order valence-corrected chi connectivity index (χ4v) is 1.06. The summed E-state index contributed by atoms with van der Waals surface area (Å²) < 4.78 is 0. The lowest BCUT2D eigenvalue weighted by molar-refractivity contribution is -0.137. The highest BCUT2D eigenvalue weighted by molar-refractivity contribution is 6.13. The molecular formula is C10H15NO3. The number of amides is 2. The van der Waals surface area contributed by atoms with Gasteiger partial charge in [0.25, 0.3) is 11.8 Å². The van der Waals surface area contributed by atoms with Crippen molar-refractivity contribution in [1.29, 1.82) is 0 Å². The number of hydrogen-bond donors (Lipinski definition) is 0. The number of carbonyl (C=O) groups is 3. The van der Waals surface area contributed by atoms with Gasteiger partial charge >= 0.3 is 0 Å². The summed E-state index contributed by atoms with van der Waals surface area (Å²) >= 11 is 0. The molecule has 0 aliphatic carbocycles. The van der Waals surface area contributed by atoms with Crippen LogP contribution in [-0.4, -0.2) is 29.0 Å². The number of hydrogen-bond acceptors (Lipinski definition) is 3. The number of Topliss-reactive ketones (excluding diaryl/α,β-unsaturated/α-hetero) is 1. The van der Waals surface area contributed by atoms with Gasteiger partial charge in [-0.05, 0) is 0 Å². The second kappa shape index (κ2) is 5.32. The lowest BCUT2D eigenvalue weighted by atomic mass is 10.2. The summed E-state index contributed by atoms with van der Waals surface area (Å²) in [6.45, 7) is 1.96. The van der Waals surface area contributed by atoms with Crippen LogP contribution in [0.1, 0.15) is 27.2 Å². The Bertz CT molecular complexity index is 263. The molecule has 0 spiro atoms. The van der Waals surface area contributed by atoms with Crippen molar-refractivity contribution >= 4 is 17.6 Å². The summed E-state index contributed by atoms with van der Waals surface area (Å²) in [5.74, 6) is -0.588. The highest BCUT2D eigenvalue weighted by Gasteiger charge is 2.22. The molecule has 0 N–H and O–H groups in total. The minimum absolute atomic E-state index is 0. The van der Waals surface area contributed by atoms with Gasteiger partial charge in [0.2, 0.25) is 0 Å². The minimum atomic E-state index is -0.325. The Kier molecular flexibility index (Phi) is 4.77. The van der Waals surface area contributed by atoms with E-state index in [1.807, 2.05) is 0 Å². The SMILES string of the molecule is C.CCC(=O)CCN1C(=O)C=CC1=O. The number of ketones is 1. The second-order valence-electron chi connectivity index (χ2n) is 2.80. The van der Waals surface area contributed by atoms with E-state index in [9.17, 15) is 14.4 Å². The maximum Gasteiger partial charge on any atom is 0.253 e. The molecule has 2 amide bonds. The minimum Gasteiger partial charge on any atom is -0.300 e. The third-order valence-corrected chi connectivity index (χ3v) is 1.91. The summed E-state index contributed by atoms with van der Waals surface area (Å²) in [5, 5.41) is 0. The number of carbonyl (C=O) groups excluding carboxylic acids is 3. The van der Waals surface area contributed by atoms with Gasteiger partial charge in [0.1, 0.15) is 5.78 Å². The van der Waals surface area contributed by atoms with Crippen LogP contribution in [0.25, 0.3) is 0 Å². The summed E-state index contributed by atoms with van der Waals surface area (Å²) in [6.07, 6.45) is 3.15. The average molecular weight is 197 g/mol. The molecule has 0 unspecified atom stereocenters. The Morgan fingerprint density at radius 3 is 2.21 bits per heavy atom. The average Bonchev–Trinajstić information content (AvgIpc) is 2.43. The van der Waals surface area contributed by atoms with Gasteiger partial charge < -0.3 is 0 Å². The van der Waals surface area contributed by atoms with E-state index in [-0.39, 0.29) is 38.0 Å². The first-order valence-corrected chi connectivity index (χ1v) is 4.20. The topological polar surface area (TPSA) is 54.5 Å². The van der Waals surface area contributed by atoms with Gasteiger partial charge in [0.05, 0.1) is 0 Å². The molecule has 0 fully saturated rings. The molecule has 0 aromatic rings. The summed E-state index contributed by atoms with van der Waals surface area (Å²) in [7, 11) is 0. The first kappa shape index (κ1) is 12.6. The Morgan fingerprint density at radius 2 is 1.79 bits per heavy atom. The molecule has 1 rings (SSSR count). The Morgan fingerprint density at radius 1 is 1.29 bits per heavy atom. The van der Waals surface area contributed by atoms with Crippen LogP contribution < -0.4 is 0 Å². The molecule has 0 saturated heterocycles. The quantitative estimate of drug-likeness (QED) is 0.629. The Balaban J connectivity index is 0.00000169. The molecule has 78 valence electrons. The normalized spacial score (nSPS) is 14.5. The molecule has 4 heteroatoms. The summed E-state index contributed by atoms with van der Waals surface area (Å²) in [4.78, 5) is 34.0. The van der Waals surface area contributed by atoms with Crippen LogP contribution in [0.2, 0.25) is 0 Å². The monoisotopic (exact) mass is 197 g/mol. The maximum atomic E-state index is 11.0. The lowest BCUT2D eigenvalue weighted by Gasteiger charge is -2.11. The fraction of sp³-hybridized carbons (Fsp3) is 0.500. The van der Waals surface area contributed by atoms with Gasteiger partial charge in [-0.2, -0.15) is 0 Å². The van der Waals surface area contributed by atoms with E-state index in [4.69, 9.17) is 0 Å². The second-order valence-corrected chi connectivity index (χ2v) is 2.80. The molecule has 1 aliphatic heterocycles. The fourth-order valence-electron chi connectivity index (χ4n) is 1.06. The summed E-state index contributed by atoms with van der Waals surface area (Å²) in [5.41, 5.74) is 0. The standard InChI is InChI=1S/C9H11NO3.CH4/c1-2-7(11)5-6-10-8(12)3-4-9(10)13;/h3-4H,2,5-6H2,1H3;1H4. The molecule has 0 bridgehead atoms. The van der Waals surface area contributed by atoms with Crippen LogP contribution in [0, 0.1) is 0 Å². The van der Waals surface area contributed by atoms with Crippen molar-refractivity contribution in [2.45, 2.75) is 27.2 Å². The lowest BCUT2D eigenvalue weighted by Crippen LogP contribution is -2.31. The molecule has 0 radical (unpaired) electrons. The van der Waals surface area contributed by atoms with Gasteiger partial charge in [-0.25, -0.2) is 0 Å². The molecule has 1 aliphatic rings. The zero-order valence-electron chi connectivity index (χ0n) is 7.45. The highest BCUT2D eigenvalue weighted by atomic mass is 16.2. The van der Waals surface area contributed by atoms with Crippen LogP contribution >= 0.6 is 0 Å². The predicted octanol–water partition coefficient (Wildman–Crippen LogP) is 0.917. The molecule has 1 heterocycles. The maximum absolute atomic E-state index is 11.0. The third kappa shape index (κ3) is 2.80. The van der Waals surface area contributed by atoms with E-state index in [0.717, 1.165) is 4.90 Å². The van der Waals surface area contributed by atoms with Gasteiger partial charge in [-0.3, -0.25) is 19.3 Å². The van der Waals surface area contributed by atoms with Gasteiger partial charge in [0.15, 0.2) is 0 Å². The number of rotatable bonds is 4. The van der Waals surface area contributed by atoms with Crippen molar-refractivity contribution in [1.82, 2.24) is 4.90 Å². The van der Waals surface area contributed by atoms with Crippen molar-refractivity contribution in [3.8, 4) is 0 Å². The van der Waals surface area contributed by atoms with Crippen molar-refractivity contribution in [3.63, 3.8) is 0 Å². The van der Waals surface area contributed by atoms with Crippen LogP contribution in [-0.2, 0) is 14.4 Å². The first-order valence-electron chi connectivity index (χ1n) is 4.20. The van der Waals surface area contributed by atoms with E-state index in [1.165, 1.54) is 12.2 Å². The zero-order valence-corrected chi connectivity index (χ0v) is 7.45. The molecule has 0 saturated carbocycles. The smallest absolute Gasteiger partial charge is 0.253 e. The largest absolute Gasteiger partial charge is 0.300 e. The van der Waals surface area contributed by atoms with E-state index in [1.54, 1.807) is 6.92 Å². The van der Waals surface area contributed by atoms with Crippen LogP contribution in [0.4, 0.5) is 0 Å². The van der Waals surface area contributed by atoms with Crippen LogP contribution in [0.15, 0.2) is 12.2 Å². The van der Waals surface area contributed by atoms with Gasteiger partial charge in [-0.1, -0.05) is 14.4 Å². The van der Waals surface area contributed by atoms with Crippen molar-refractivity contribution in [3.05, 3.63) is 12.2 Å². The molecular weight excluding hydrogens is 182 g/mol. The third-order valence-electron chi connectivity index (χ3n) is 1.91. The van der Waals surface area contributed by atoms with E-state index in [2.05, 4.69) is 0 Å². The zero-order chi connectivity index (χ0) is 9.84. The van der Waals surface area contributed by atoms with Crippen LogP contribution in [0.3, 0.4) is 0 Å². The molecule has 0 aromatic heterocycles.